The second-order valence-electron chi connectivity index (χ2n) is 8.22. The summed E-state index contributed by atoms with van der Waals surface area (Å²) in [6, 6.07) is 14.3. The lowest BCUT2D eigenvalue weighted by atomic mass is 10.1. The van der Waals surface area contributed by atoms with Crippen molar-refractivity contribution in [2.24, 2.45) is 5.92 Å². The van der Waals surface area contributed by atoms with E-state index in [0.717, 1.165) is 37.4 Å². The summed E-state index contributed by atoms with van der Waals surface area (Å²) in [7, 11) is 0. The molecule has 8 nitrogen and oxygen atoms in total. The number of aromatic hydroxyl groups is 1. The number of rotatable bonds is 5. The van der Waals surface area contributed by atoms with E-state index >= 15 is 0 Å². The van der Waals surface area contributed by atoms with Crippen molar-refractivity contribution in [3.8, 4) is 5.75 Å². The van der Waals surface area contributed by atoms with Crippen LogP contribution in [0.5, 0.6) is 5.75 Å². The summed E-state index contributed by atoms with van der Waals surface area (Å²) in [5.41, 5.74) is 8.38. The van der Waals surface area contributed by atoms with Gasteiger partial charge in [-0.25, -0.2) is 0 Å². The van der Waals surface area contributed by atoms with E-state index in [1.807, 2.05) is 29.2 Å². The summed E-state index contributed by atoms with van der Waals surface area (Å²) in [5, 5.41) is 12.2. The molecule has 4 rings (SSSR count). The van der Waals surface area contributed by atoms with E-state index < -0.39 is 0 Å². The molecule has 8 heteroatoms. The Hall–Kier alpha value is -3.26. The number of benzene rings is 2. The van der Waals surface area contributed by atoms with Crippen molar-refractivity contribution in [2.75, 3.05) is 61.8 Å². The molecule has 1 unspecified atom stereocenters. The number of phenolic OH excluding ortho intramolecular Hbond substituents is 1. The number of carbonyl (C=O) groups is 2. The fraction of sp³-hybridized carbons (Fsp3) is 0.391. The highest BCUT2D eigenvalue weighted by Crippen LogP contribution is 2.21. The summed E-state index contributed by atoms with van der Waals surface area (Å²) in [6.45, 7) is 4.61. The van der Waals surface area contributed by atoms with Gasteiger partial charge >= 0.3 is 0 Å². The molecule has 2 fully saturated rings. The molecule has 2 aromatic rings. The molecular formula is C23H29N5O3. The van der Waals surface area contributed by atoms with Crippen molar-refractivity contribution in [3.05, 3.63) is 48.5 Å². The Morgan fingerprint density at radius 3 is 2.48 bits per heavy atom. The van der Waals surface area contributed by atoms with E-state index in [1.54, 1.807) is 24.3 Å². The second kappa shape index (κ2) is 9.26. The van der Waals surface area contributed by atoms with Gasteiger partial charge in [0, 0.05) is 49.8 Å². The molecule has 2 aromatic carbocycles. The fourth-order valence-corrected chi connectivity index (χ4v) is 4.21. The van der Waals surface area contributed by atoms with Crippen molar-refractivity contribution < 1.29 is 14.7 Å². The number of nitrogens with one attached hydrogen (secondary N) is 1. The molecule has 0 radical (unpaired) electrons. The van der Waals surface area contributed by atoms with Crippen molar-refractivity contribution in [3.63, 3.8) is 0 Å². The highest BCUT2D eigenvalue weighted by Gasteiger charge is 2.31. The van der Waals surface area contributed by atoms with Gasteiger partial charge in [0.05, 0.1) is 12.5 Å². The van der Waals surface area contributed by atoms with Crippen LogP contribution < -0.4 is 16.0 Å². The van der Waals surface area contributed by atoms with Gasteiger partial charge in [-0.1, -0.05) is 6.07 Å². The number of nitrogens with zero attached hydrogens (tertiary/aromatic N) is 3. The maximum absolute atomic E-state index is 12.8. The summed E-state index contributed by atoms with van der Waals surface area (Å²) < 4.78 is 0. The Balaban J connectivity index is 1.22. The Labute approximate surface area is 182 Å². The molecular weight excluding hydrogens is 394 g/mol. The maximum atomic E-state index is 12.8. The second-order valence-corrected chi connectivity index (χ2v) is 8.22. The molecule has 164 valence electrons. The van der Waals surface area contributed by atoms with Crippen LogP contribution in [0.4, 0.5) is 17.1 Å². The first-order valence-corrected chi connectivity index (χ1v) is 10.7. The molecule has 31 heavy (non-hydrogen) atoms. The van der Waals surface area contributed by atoms with Crippen LogP contribution in [0.15, 0.2) is 48.5 Å². The average molecular weight is 424 g/mol. The largest absolute Gasteiger partial charge is 0.508 e. The number of hydrogen-bond donors (Lipinski definition) is 3. The van der Waals surface area contributed by atoms with Gasteiger partial charge in [0.1, 0.15) is 5.75 Å². The van der Waals surface area contributed by atoms with Crippen molar-refractivity contribution in [1.29, 1.82) is 0 Å². The first-order valence-electron chi connectivity index (χ1n) is 10.7. The smallest absolute Gasteiger partial charge is 0.236 e. The lowest BCUT2D eigenvalue weighted by Gasteiger charge is -2.36. The minimum Gasteiger partial charge on any atom is -0.508 e. The standard InChI is InChI=1S/C23H29N5O3/c24-18-2-1-3-20(14-18)27-10-12-28(13-11-27)22(30)16-26-9-8-17(15-26)23(31)25-19-4-6-21(29)7-5-19/h1-7,14,17,29H,8-13,15-16,24H2,(H,25,31). The number of piperazine rings is 1. The van der Waals surface area contributed by atoms with Crippen LogP contribution in [-0.2, 0) is 9.59 Å². The van der Waals surface area contributed by atoms with E-state index in [2.05, 4.69) is 15.1 Å². The summed E-state index contributed by atoms with van der Waals surface area (Å²) >= 11 is 0. The molecule has 2 saturated heterocycles. The van der Waals surface area contributed by atoms with Gasteiger partial charge in [-0.2, -0.15) is 0 Å². The van der Waals surface area contributed by atoms with Crippen LogP contribution in [0.1, 0.15) is 6.42 Å². The Morgan fingerprint density at radius 1 is 1.03 bits per heavy atom. The zero-order valence-electron chi connectivity index (χ0n) is 17.5. The third-order valence-corrected chi connectivity index (χ3v) is 6.00. The zero-order valence-corrected chi connectivity index (χ0v) is 17.5. The van der Waals surface area contributed by atoms with Gasteiger partial charge in [-0.05, 0) is 55.4 Å². The van der Waals surface area contributed by atoms with Crippen molar-refractivity contribution in [2.45, 2.75) is 6.42 Å². The molecule has 4 N–H and O–H groups in total. The number of carbonyl (C=O) groups excluding carboxylic acids is 2. The van der Waals surface area contributed by atoms with Crippen LogP contribution in [-0.4, -0.2) is 72.5 Å². The van der Waals surface area contributed by atoms with E-state index in [0.29, 0.717) is 31.9 Å². The summed E-state index contributed by atoms with van der Waals surface area (Å²) in [5.74, 6) is 0.0995. The minimum absolute atomic E-state index is 0.0450. The molecule has 2 heterocycles. The van der Waals surface area contributed by atoms with Crippen molar-refractivity contribution >= 4 is 28.9 Å². The molecule has 2 amide bonds. The minimum atomic E-state index is -0.137. The Bertz CT molecular complexity index is 925. The number of nitrogens with two attached hydrogens (primary N) is 1. The highest BCUT2D eigenvalue weighted by atomic mass is 16.3. The Kier molecular flexibility index (Phi) is 6.27. The van der Waals surface area contributed by atoms with Crippen LogP contribution in [0, 0.1) is 5.92 Å². The normalized spacial score (nSPS) is 19.4. The SMILES string of the molecule is Nc1cccc(N2CCN(C(=O)CN3CCC(C(=O)Nc4ccc(O)cc4)C3)CC2)c1. The first kappa shape index (κ1) is 21.0. The van der Waals surface area contributed by atoms with E-state index in [4.69, 9.17) is 5.73 Å². The van der Waals surface area contributed by atoms with E-state index in [1.165, 1.54) is 0 Å². The summed E-state index contributed by atoms with van der Waals surface area (Å²) in [4.78, 5) is 31.5. The maximum Gasteiger partial charge on any atom is 0.236 e. The number of anilines is 3. The monoisotopic (exact) mass is 423 g/mol. The third-order valence-electron chi connectivity index (χ3n) is 6.00. The predicted molar refractivity (Wildman–Crippen MR) is 121 cm³/mol. The topological polar surface area (TPSA) is 102 Å². The average Bonchev–Trinajstić information content (AvgIpc) is 3.24. The van der Waals surface area contributed by atoms with Gasteiger partial charge in [-0.3, -0.25) is 14.5 Å². The molecule has 2 aliphatic heterocycles. The molecule has 0 saturated carbocycles. The van der Waals surface area contributed by atoms with Gasteiger partial charge < -0.3 is 26.0 Å². The van der Waals surface area contributed by atoms with Crippen LogP contribution in [0.3, 0.4) is 0 Å². The van der Waals surface area contributed by atoms with Crippen LogP contribution in [0.25, 0.3) is 0 Å². The van der Waals surface area contributed by atoms with Crippen LogP contribution >= 0.6 is 0 Å². The van der Waals surface area contributed by atoms with Gasteiger partial charge in [0.2, 0.25) is 11.8 Å². The lowest BCUT2D eigenvalue weighted by molar-refractivity contribution is -0.132. The van der Waals surface area contributed by atoms with E-state index in [-0.39, 0.29) is 23.5 Å². The number of phenols is 1. The molecule has 0 spiro atoms. The lowest BCUT2D eigenvalue weighted by Crippen LogP contribution is -2.51. The third kappa shape index (κ3) is 5.27. The summed E-state index contributed by atoms with van der Waals surface area (Å²) in [6.07, 6.45) is 0.737. The van der Waals surface area contributed by atoms with Crippen LogP contribution in [0.2, 0.25) is 0 Å². The van der Waals surface area contributed by atoms with Gasteiger partial charge in [0.15, 0.2) is 0 Å². The zero-order chi connectivity index (χ0) is 21.8. The van der Waals surface area contributed by atoms with Gasteiger partial charge in [0.25, 0.3) is 0 Å². The molecule has 2 aliphatic rings. The number of amides is 2. The fourth-order valence-electron chi connectivity index (χ4n) is 4.21. The predicted octanol–water partition coefficient (Wildman–Crippen LogP) is 1.58. The van der Waals surface area contributed by atoms with Gasteiger partial charge in [-0.15, -0.1) is 0 Å². The number of likely N-dealkylation sites (tertiary alicyclic amines) is 1. The Morgan fingerprint density at radius 2 is 1.77 bits per heavy atom. The molecule has 0 aromatic heterocycles. The number of hydrogen-bond acceptors (Lipinski definition) is 6. The molecule has 0 aliphatic carbocycles. The number of nitrogen functional groups attached to an aromatic ring is 1. The molecule has 1 atom stereocenters. The van der Waals surface area contributed by atoms with E-state index in [9.17, 15) is 14.7 Å². The molecule has 0 bridgehead atoms. The quantitative estimate of drug-likeness (QED) is 0.499. The highest BCUT2D eigenvalue weighted by molar-refractivity contribution is 5.93. The van der Waals surface area contributed by atoms with Crippen molar-refractivity contribution in [1.82, 2.24) is 9.80 Å². The first-order chi connectivity index (χ1) is 15.0.